The molecule has 0 N–H and O–H groups in total. The molecule has 2 fully saturated rings. The molecule has 7 heteroatoms. The summed E-state index contributed by atoms with van der Waals surface area (Å²) in [7, 11) is 5.18. The Hall–Kier alpha value is -2.90. The molecule has 0 radical (unpaired) electrons. The average molecular weight is 534 g/mol. The maximum absolute atomic E-state index is 14.8. The highest BCUT2D eigenvalue weighted by Crippen LogP contribution is 2.43. The number of rotatable bonds is 9. The number of hydrogen-bond acceptors (Lipinski definition) is 5. The second-order valence-corrected chi connectivity index (χ2v) is 11.3. The molecule has 0 aromatic heterocycles. The smallest absolute Gasteiger partial charge is 0.254 e. The largest absolute Gasteiger partial charge is 0.497 e. The number of piperidine rings is 2. The minimum Gasteiger partial charge on any atom is -0.497 e. The van der Waals surface area contributed by atoms with Gasteiger partial charge in [0.1, 0.15) is 5.75 Å². The Morgan fingerprint density at radius 2 is 1.77 bits per heavy atom. The molecule has 7 nitrogen and oxygen atoms in total. The molecule has 2 aromatic carbocycles. The van der Waals surface area contributed by atoms with Crippen LogP contribution in [0.4, 0.5) is 0 Å². The first-order valence-electron chi connectivity index (χ1n) is 14.5. The summed E-state index contributed by atoms with van der Waals surface area (Å²) in [5.41, 5.74) is 2.38. The Balaban J connectivity index is 1.51. The highest BCUT2D eigenvalue weighted by atomic mass is 16.5. The molecule has 3 aliphatic heterocycles. The molecular weight excluding hydrogens is 490 g/mol. The predicted molar refractivity (Wildman–Crippen MR) is 152 cm³/mol. The molecular formula is C32H43N3O4. The summed E-state index contributed by atoms with van der Waals surface area (Å²) >= 11 is 0. The van der Waals surface area contributed by atoms with Gasteiger partial charge in [-0.05, 0) is 80.4 Å². The van der Waals surface area contributed by atoms with E-state index in [2.05, 4.69) is 9.80 Å². The number of carbonyl (C=O) groups excluding carboxylic acids is 2. The molecule has 2 amide bonds. The van der Waals surface area contributed by atoms with E-state index in [-0.39, 0.29) is 11.8 Å². The Morgan fingerprint density at radius 1 is 1.00 bits per heavy atom. The topological polar surface area (TPSA) is 62.3 Å². The predicted octanol–water partition coefficient (Wildman–Crippen LogP) is 4.74. The number of benzene rings is 2. The van der Waals surface area contributed by atoms with Gasteiger partial charge in [0, 0.05) is 45.5 Å². The Labute approximate surface area is 233 Å². The van der Waals surface area contributed by atoms with Crippen LogP contribution < -0.4 is 4.74 Å². The van der Waals surface area contributed by atoms with Crippen LogP contribution >= 0.6 is 0 Å². The van der Waals surface area contributed by atoms with Gasteiger partial charge in [0.2, 0.25) is 5.91 Å². The van der Waals surface area contributed by atoms with Crippen LogP contribution in [0, 0.1) is 5.92 Å². The molecule has 0 bridgehead atoms. The van der Waals surface area contributed by atoms with Crippen LogP contribution in [-0.2, 0) is 9.53 Å². The van der Waals surface area contributed by atoms with E-state index in [1.807, 2.05) is 55.6 Å². The molecule has 0 aliphatic carbocycles. The number of nitrogens with zero attached hydrogens (tertiary/aromatic N) is 3. The van der Waals surface area contributed by atoms with Crippen molar-refractivity contribution in [1.29, 1.82) is 0 Å². The van der Waals surface area contributed by atoms with Crippen LogP contribution in [0.25, 0.3) is 0 Å². The molecule has 0 saturated carbocycles. The summed E-state index contributed by atoms with van der Waals surface area (Å²) in [5, 5.41) is 0. The van der Waals surface area contributed by atoms with Crippen molar-refractivity contribution in [2.24, 2.45) is 5.92 Å². The van der Waals surface area contributed by atoms with Crippen molar-refractivity contribution in [2.75, 3.05) is 54.1 Å². The van der Waals surface area contributed by atoms with Crippen molar-refractivity contribution in [2.45, 2.75) is 56.5 Å². The fraction of sp³-hybridized carbons (Fsp3) is 0.562. The SMILES string of the molecule is COCCCN(CC1CCCN2CCCCC12)C(=O)C1c2ccccc2C(=O)N(C)C1c1ccc(OC)cc1. The first-order chi connectivity index (χ1) is 19.0. The van der Waals surface area contributed by atoms with Crippen LogP contribution in [0.2, 0.25) is 0 Å². The molecule has 2 aromatic rings. The summed E-state index contributed by atoms with van der Waals surface area (Å²) in [6.45, 7) is 4.39. The van der Waals surface area contributed by atoms with Gasteiger partial charge in [-0.25, -0.2) is 0 Å². The average Bonchev–Trinajstić information content (AvgIpc) is 2.98. The third kappa shape index (κ3) is 5.71. The summed E-state index contributed by atoms with van der Waals surface area (Å²) < 4.78 is 10.8. The van der Waals surface area contributed by atoms with Crippen molar-refractivity contribution in [1.82, 2.24) is 14.7 Å². The minimum absolute atomic E-state index is 0.0495. The number of methoxy groups -OCH3 is 2. The Morgan fingerprint density at radius 3 is 2.54 bits per heavy atom. The number of likely N-dealkylation sites (N-methyl/N-ethyl adjacent to an activating group) is 1. The Kier molecular flexibility index (Phi) is 8.88. The molecule has 3 heterocycles. The van der Waals surface area contributed by atoms with E-state index in [1.165, 1.54) is 38.8 Å². The lowest BCUT2D eigenvalue weighted by Gasteiger charge is -2.47. The summed E-state index contributed by atoms with van der Waals surface area (Å²) in [4.78, 5) is 34.8. The molecule has 5 rings (SSSR count). The van der Waals surface area contributed by atoms with Crippen LogP contribution in [0.3, 0.4) is 0 Å². The Bertz CT molecular complexity index is 1130. The van der Waals surface area contributed by atoms with Gasteiger partial charge in [-0.1, -0.05) is 36.8 Å². The van der Waals surface area contributed by atoms with E-state index in [4.69, 9.17) is 9.47 Å². The van der Waals surface area contributed by atoms with Gasteiger partial charge >= 0.3 is 0 Å². The van der Waals surface area contributed by atoms with Gasteiger partial charge < -0.3 is 24.2 Å². The minimum atomic E-state index is -0.481. The van der Waals surface area contributed by atoms with Crippen LogP contribution in [0.5, 0.6) is 5.75 Å². The molecule has 2 saturated heterocycles. The van der Waals surface area contributed by atoms with E-state index in [1.54, 1.807) is 19.1 Å². The highest BCUT2D eigenvalue weighted by Gasteiger charge is 2.45. The molecule has 4 unspecified atom stereocenters. The van der Waals surface area contributed by atoms with Crippen molar-refractivity contribution in [3.05, 3.63) is 65.2 Å². The first-order valence-corrected chi connectivity index (χ1v) is 14.5. The monoisotopic (exact) mass is 533 g/mol. The lowest BCUT2D eigenvalue weighted by molar-refractivity contribution is -0.136. The third-order valence-corrected chi connectivity index (χ3v) is 9.07. The second-order valence-electron chi connectivity index (χ2n) is 11.3. The summed E-state index contributed by atoms with van der Waals surface area (Å²) in [5.74, 6) is 0.801. The van der Waals surface area contributed by atoms with Gasteiger partial charge in [0.05, 0.1) is 19.1 Å². The lowest BCUT2D eigenvalue weighted by atomic mass is 9.78. The van der Waals surface area contributed by atoms with Gasteiger partial charge in [-0.3, -0.25) is 9.59 Å². The van der Waals surface area contributed by atoms with Crippen LogP contribution in [0.1, 0.15) is 72.0 Å². The third-order valence-electron chi connectivity index (χ3n) is 9.07. The first kappa shape index (κ1) is 27.7. The van der Waals surface area contributed by atoms with Gasteiger partial charge in [-0.15, -0.1) is 0 Å². The van der Waals surface area contributed by atoms with E-state index >= 15 is 0 Å². The normalized spacial score (nSPS) is 25.1. The summed E-state index contributed by atoms with van der Waals surface area (Å²) in [6.07, 6.45) is 6.93. The summed E-state index contributed by atoms with van der Waals surface area (Å²) in [6, 6.07) is 15.6. The van der Waals surface area contributed by atoms with Gasteiger partial charge in [-0.2, -0.15) is 0 Å². The zero-order valence-corrected chi connectivity index (χ0v) is 23.7. The van der Waals surface area contributed by atoms with Crippen molar-refractivity contribution in [3.8, 4) is 5.75 Å². The van der Waals surface area contributed by atoms with Crippen molar-refractivity contribution >= 4 is 11.8 Å². The maximum atomic E-state index is 14.8. The zero-order valence-electron chi connectivity index (χ0n) is 23.7. The molecule has 4 atom stereocenters. The standard InChI is InChI=1S/C32H43N3O4/c1-33-30(23-14-16-25(39-3)17-15-23)29(26-11-4-5-12-27(26)31(33)36)32(37)35(20-9-21-38-2)22-24-10-8-19-34-18-7-6-13-28(24)34/h4-5,11-12,14-17,24,28-30H,6-10,13,18-22H2,1-3H3. The zero-order chi connectivity index (χ0) is 27.4. The number of carbonyl (C=O) groups is 2. The van der Waals surface area contributed by atoms with Gasteiger partial charge in [0.15, 0.2) is 0 Å². The lowest BCUT2D eigenvalue weighted by Crippen LogP contribution is -2.53. The van der Waals surface area contributed by atoms with Gasteiger partial charge in [0.25, 0.3) is 5.91 Å². The number of amides is 2. The number of ether oxygens (including phenoxy) is 2. The van der Waals surface area contributed by atoms with E-state index in [9.17, 15) is 9.59 Å². The molecule has 210 valence electrons. The van der Waals surface area contributed by atoms with Crippen molar-refractivity contribution < 1.29 is 19.1 Å². The molecule has 0 spiro atoms. The maximum Gasteiger partial charge on any atom is 0.254 e. The van der Waals surface area contributed by atoms with E-state index in [0.717, 1.165) is 36.3 Å². The fourth-order valence-corrected chi connectivity index (χ4v) is 7.12. The number of hydrogen-bond donors (Lipinski definition) is 0. The van der Waals surface area contributed by atoms with E-state index in [0.29, 0.717) is 30.7 Å². The molecule has 39 heavy (non-hydrogen) atoms. The highest BCUT2D eigenvalue weighted by molar-refractivity contribution is 6.01. The van der Waals surface area contributed by atoms with Crippen molar-refractivity contribution in [3.63, 3.8) is 0 Å². The van der Waals surface area contributed by atoms with E-state index < -0.39 is 12.0 Å². The fourth-order valence-electron chi connectivity index (χ4n) is 7.12. The molecule has 3 aliphatic rings. The second kappa shape index (κ2) is 12.5. The number of fused-ring (bicyclic) bond motifs is 2. The quantitative estimate of drug-likeness (QED) is 0.436. The van der Waals surface area contributed by atoms with Crippen LogP contribution in [0.15, 0.2) is 48.5 Å². The van der Waals surface area contributed by atoms with Crippen LogP contribution in [-0.4, -0.2) is 86.6 Å².